The number of aromatic nitrogens is 2. The SMILES string of the molecule is CCNCCc1c(C)nc(C(C)(CC)OCC)nc1C. The number of nitrogens with zero attached hydrogens (tertiary/aromatic N) is 2. The van der Waals surface area contributed by atoms with Crippen LogP contribution in [0.2, 0.25) is 0 Å². The van der Waals surface area contributed by atoms with Crippen molar-refractivity contribution in [1.82, 2.24) is 15.3 Å². The molecular weight excluding hydrogens is 250 g/mol. The normalized spacial score (nSPS) is 14.3. The molecule has 0 saturated heterocycles. The van der Waals surface area contributed by atoms with Crippen molar-refractivity contribution in [2.24, 2.45) is 0 Å². The zero-order valence-corrected chi connectivity index (χ0v) is 13.8. The molecule has 0 spiro atoms. The molecule has 0 bridgehead atoms. The van der Waals surface area contributed by atoms with E-state index in [-0.39, 0.29) is 5.60 Å². The van der Waals surface area contributed by atoms with Crippen molar-refractivity contribution in [3.8, 4) is 0 Å². The highest BCUT2D eigenvalue weighted by atomic mass is 16.5. The first-order valence-electron chi connectivity index (χ1n) is 7.67. The second-order valence-corrected chi connectivity index (χ2v) is 5.32. The summed E-state index contributed by atoms with van der Waals surface area (Å²) in [5.74, 6) is 0.809. The van der Waals surface area contributed by atoms with Gasteiger partial charge >= 0.3 is 0 Å². The second-order valence-electron chi connectivity index (χ2n) is 5.32. The lowest BCUT2D eigenvalue weighted by Gasteiger charge is -2.27. The molecule has 4 nitrogen and oxygen atoms in total. The maximum Gasteiger partial charge on any atom is 0.160 e. The molecule has 0 radical (unpaired) electrons. The van der Waals surface area contributed by atoms with Crippen LogP contribution in [0.25, 0.3) is 0 Å². The molecule has 114 valence electrons. The van der Waals surface area contributed by atoms with Crippen LogP contribution in [0, 0.1) is 13.8 Å². The van der Waals surface area contributed by atoms with E-state index in [1.165, 1.54) is 5.56 Å². The van der Waals surface area contributed by atoms with Crippen molar-refractivity contribution in [2.45, 2.75) is 60.0 Å². The lowest BCUT2D eigenvalue weighted by atomic mass is 10.0. The summed E-state index contributed by atoms with van der Waals surface area (Å²) >= 11 is 0. The molecule has 1 aromatic rings. The number of ether oxygens (including phenoxy) is 1. The summed E-state index contributed by atoms with van der Waals surface area (Å²) in [7, 11) is 0. The van der Waals surface area contributed by atoms with Crippen molar-refractivity contribution >= 4 is 0 Å². The summed E-state index contributed by atoms with van der Waals surface area (Å²) in [6.45, 7) is 15.1. The van der Waals surface area contributed by atoms with Gasteiger partial charge in [-0.25, -0.2) is 9.97 Å². The van der Waals surface area contributed by atoms with Gasteiger partial charge in [-0.2, -0.15) is 0 Å². The molecule has 0 aromatic carbocycles. The molecule has 0 saturated carbocycles. The van der Waals surface area contributed by atoms with E-state index in [2.05, 4.69) is 39.9 Å². The van der Waals surface area contributed by atoms with Crippen LogP contribution in [0.5, 0.6) is 0 Å². The van der Waals surface area contributed by atoms with Gasteiger partial charge in [0.05, 0.1) is 0 Å². The smallest absolute Gasteiger partial charge is 0.160 e. The van der Waals surface area contributed by atoms with E-state index >= 15 is 0 Å². The van der Waals surface area contributed by atoms with Gasteiger partial charge in [0.1, 0.15) is 5.60 Å². The number of nitrogens with one attached hydrogen (secondary N) is 1. The van der Waals surface area contributed by atoms with Crippen LogP contribution in [0.3, 0.4) is 0 Å². The third-order valence-corrected chi connectivity index (χ3v) is 3.83. The molecule has 1 unspecified atom stereocenters. The molecule has 20 heavy (non-hydrogen) atoms. The largest absolute Gasteiger partial charge is 0.368 e. The molecule has 0 fully saturated rings. The minimum atomic E-state index is -0.384. The number of aryl methyl sites for hydroxylation is 2. The Labute approximate surface area is 123 Å². The van der Waals surface area contributed by atoms with Crippen molar-refractivity contribution in [3.05, 3.63) is 22.8 Å². The van der Waals surface area contributed by atoms with Gasteiger partial charge in [-0.15, -0.1) is 0 Å². The van der Waals surface area contributed by atoms with E-state index in [0.717, 1.165) is 43.1 Å². The Morgan fingerprint density at radius 1 is 1.10 bits per heavy atom. The van der Waals surface area contributed by atoms with Crippen LogP contribution in [-0.2, 0) is 16.8 Å². The Bertz CT molecular complexity index is 411. The zero-order valence-electron chi connectivity index (χ0n) is 13.8. The minimum absolute atomic E-state index is 0.384. The number of hydrogen-bond acceptors (Lipinski definition) is 4. The van der Waals surface area contributed by atoms with Gasteiger partial charge in [0.2, 0.25) is 0 Å². The topological polar surface area (TPSA) is 47.0 Å². The summed E-state index contributed by atoms with van der Waals surface area (Å²) in [6, 6.07) is 0. The first kappa shape index (κ1) is 17.1. The number of rotatable bonds is 8. The standard InChI is InChI=1S/C16H29N3O/c1-7-16(6,20-9-3)15-18-12(4)14(13(5)19-15)10-11-17-8-2/h17H,7-11H2,1-6H3. The Balaban J connectivity index is 3.03. The van der Waals surface area contributed by atoms with Crippen LogP contribution in [-0.4, -0.2) is 29.7 Å². The first-order chi connectivity index (χ1) is 9.48. The van der Waals surface area contributed by atoms with E-state index in [4.69, 9.17) is 14.7 Å². The van der Waals surface area contributed by atoms with Gasteiger partial charge < -0.3 is 10.1 Å². The summed E-state index contributed by atoms with van der Waals surface area (Å²) < 4.78 is 5.88. The summed E-state index contributed by atoms with van der Waals surface area (Å²) in [5, 5.41) is 3.35. The van der Waals surface area contributed by atoms with Crippen molar-refractivity contribution in [3.63, 3.8) is 0 Å². The second kappa shape index (κ2) is 7.70. The Hall–Kier alpha value is -1.00. The van der Waals surface area contributed by atoms with Crippen LogP contribution < -0.4 is 5.32 Å². The Kier molecular flexibility index (Phi) is 6.56. The van der Waals surface area contributed by atoms with E-state index in [0.29, 0.717) is 6.61 Å². The summed E-state index contributed by atoms with van der Waals surface area (Å²) in [5.41, 5.74) is 3.02. The fourth-order valence-electron chi connectivity index (χ4n) is 2.37. The maximum absolute atomic E-state index is 5.88. The third-order valence-electron chi connectivity index (χ3n) is 3.83. The van der Waals surface area contributed by atoms with Crippen LogP contribution >= 0.6 is 0 Å². The molecule has 0 amide bonds. The third kappa shape index (κ3) is 4.00. The fraction of sp³-hybridized carbons (Fsp3) is 0.750. The molecule has 1 atom stereocenters. The fourth-order valence-corrected chi connectivity index (χ4v) is 2.37. The lowest BCUT2D eigenvalue weighted by molar-refractivity contribution is -0.0393. The molecule has 0 aliphatic heterocycles. The maximum atomic E-state index is 5.88. The number of hydrogen-bond donors (Lipinski definition) is 1. The molecular formula is C16H29N3O. The Morgan fingerprint density at radius 3 is 2.15 bits per heavy atom. The predicted octanol–water partition coefficient (Wildman–Crippen LogP) is 2.91. The molecule has 1 rings (SSSR count). The zero-order chi connectivity index (χ0) is 15.2. The molecule has 1 N–H and O–H groups in total. The minimum Gasteiger partial charge on any atom is -0.368 e. The molecule has 4 heteroatoms. The Morgan fingerprint density at radius 2 is 1.70 bits per heavy atom. The average molecular weight is 279 g/mol. The van der Waals surface area contributed by atoms with E-state index in [1.807, 2.05) is 6.92 Å². The molecule has 1 aromatic heterocycles. The highest BCUT2D eigenvalue weighted by Gasteiger charge is 2.29. The van der Waals surface area contributed by atoms with Crippen molar-refractivity contribution in [1.29, 1.82) is 0 Å². The monoisotopic (exact) mass is 279 g/mol. The van der Waals surface area contributed by atoms with E-state index in [9.17, 15) is 0 Å². The van der Waals surface area contributed by atoms with Crippen LogP contribution in [0.1, 0.15) is 56.9 Å². The molecule has 0 aliphatic carbocycles. The highest BCUT2D eigenvalue weighted by molar-refractivity contribution is 5.26. The lowest BCUT2D eigenvalue weighted by Crippen LogP contribution is -2.29. The molecule has 1 heterocycles. The number of likely N-dealkylation sites (N-methyl/N-ethyl adjacent to an activating group) is 1. The van der Waals surface area contributed by atoms with Gasteiger partial charge in [-0.1, -0.05) is 13.8 Å². The molecule has 0 aliphatic rings. The van der Waals surface area contributed by atoms with E-state index in [1.54, 1.807) is 0 Å². The van der Waals surface area contributed by atoms with Crippen LogP contribution in [0.4, 0.5) is 0 Å². The van der Waals surface area contributed by atoms with Gasteiger partial charge in [0.25, 0.3) is 0 Å². The van der Waals surface area contributed by atoms with Crippen LogP contribution in [0.15, 0.2) is 0 Å². The van der Waals surface area contributed by atoms with Crippen molar-refractivity contribution < 1.29 is 4.74 Å². The van der Waals surface area contributed by atoms with Gasteiger partial charge in [-0.3, -0.25) is 0 Å². The predicted molar refractivity (Wildman–Crippen MR) is 83.0 cm³/mol. The highest BCUT2D eigenvalue weighted by Crippen LogP contribution is 2.27. The average Bonchev–Trinajstić information content (AvgIpc) is 2.41. The van der Waals surface area contributed by atoms with Crippen molar-refractivity contribution in [2.75, 3.05) is 19.7 Å². The quantitative estimate of drug-likeness (QED) is 0.743. The van der Waals surface area contributed by atoms with Gasteiger partial charge in [-0.05, 0) is 59.2 Å². The summed E-state index contributed by atoms with van der Waals surface area (Å²) in [6.07, 6.45) is 1.85. The van der Waals surface area contributed by atoms with E-state index < -0.39 is 0 Å². The first-order valence-corrected chi connectivity index (χ1v) is 7.67. The van der Waals surface area contributed by atoms with Gasteiger partial charge in [0.15, 0.2) is 5.82 Å². The summed E-state index contributed by atoms with van der Waals surface area (Å²) in [4.78, 5) is 9.42. The van der Waals surface area contributed by atoms with Gasteiger partial charge in [0, 0.05) is 18.0 Å².